The molecule has 2 atom stereocenters. The average molecular weight is 386 g/mol. The molecule has 2 aromatic carbocycles. The highest BCUT2D eigenvalue weighted by molar-refractivity contribution is 7.80. The van der Waals surface area contributed by atoms with Gasteiger partial charge in [-0.05, 0) is 56.2 Å². The second kappa shape index (κ2) is 6.09. The Bertz CT molecular complexity index is 930. The van der Waals surface area contributed by atoms with Crippen LogP contribution < -0.4 is 15.4 Å². The Kier molecular flexibility index (Phi) is 4.07. The first-order valence-corrected chi connectivity index (χ1v) is 9.46. The van der Waals surface area contributed by atoms with Crippen molar-refractivity contribution in [3.63, 3.8) is 0 Å². The third-order valence-electron chi connectivity index (χ3n) is 5.32. The standard InChI is InChI=1S/C21H23FN2O2S/c1-12-8-13(25)9-17-18(12)15(14-6-4-5-7-16(14)22)10-21(26-17)11-20(2,3)23-19(27)24-21/h4-9,15,25H,10-11H2,1-3H3,(H2,23,24,27)/t15-,21+/m0/s1. The second-order valence-corrected chi connectivity index (χ2v) is 8.60. The molecular formula is C21H23FN2O2S. The highest BCUT2D eigenvalue weighted by Gasteiger charge is 2.49. The Hall–Kier alpha value is -2.34. The van der Waals surface area contributed by atoms with Crippen LogP contribution in [0, 0.1) is 12.7 Å². The topological polar surface area (TPSA) is 53.5 Å². The first kappa shape index (κ1) is 18.0. The van der Waals surface area contributed by atoms with Gasteiger partial charge in [0.1, 0.15) is 17.3 Å². The van der Waals surface area contributed by atoms with Crippen molar-refractivity contribution in [2.45, 2.75) is 50.8 Å². The highest BCUT2D eigenvalue weighted by atomic mass is 32.1. The van der Waals surface area contributed by atoms with Gasteiger partial charge < -0.3 is 20.5 Å². The normalized spacial score (nSPS) is 25.9. The van der Waals surface area contributed by atoms with Gasteiger partial charge in [-0.3, -0.25) is 0 Å². The summed E-state index contributed by atoms with van der Waals surface area (Å²) in [7, 11) is 0. The van der Waals surface area contributed by atoms with Crippen LogP contribution in [0.4, 0.5) is 4.39 Å². The fourth-order valence-electron chi connectivity index (χ4n) is 4.52. The molecule has 0 saturated carbocycles. The van der Waals surface area contributed by atoms with E-state index in [1.807, 2.05) is 19.1 Å². The fourth-order valence-corrected chi connectivity index (χ4v) is 4.98. The maximum atomic E-state index is 14.7. The third kappa shape index (κ3) is 3.23. The lowest BCUT2D eigenvalue weighted by Crippen LogP contribution is -2.69. The number of hydrogen-bond donors (Lipinski definition) is 3. The molecule has 0 unspecified atom stereocenters. The molecule has 2 heterocycles. The Morgan fingerprint density at radius 2 is 1.96 bits per heavy atom. The number of aryl methyl sites for hydroxylation is 1. The van der Waals surface area contributed by atoms with Crippen molar-refractivity contribution in [2.75, 3.05) is 0 Å². The van der Waals surface area contributed by atoms with E-state index >= 15 is 0 Å². The number of thiocarbonyl (C=S) groups is 1. The van der Waals surface area contributed by atoms with Gasteiger partial charge in [-0.25, -0.2) is 4.39 Å². The molecule has 6 heteroatoms. The van der Waals surface area contributed by atoms with Gasteiger partial charge in [0.15, 0.2) is 10.8 Å². The Balaban J connectivity index is 1.89. The quantitative estimate of drug-likeness (QED) is 0.645. The van der Waals surface area contributed by atoms with Gasteiger partial charge >= 0.3 is 0 Å². The predicted octanol–water partition coefficient (Wildman–Crippen LogP) is 4.10. The molecule has 2 aromatic rings. The van der Waals surface area contributed by atoms with Crippen molar-refractivity contribution >= 4 is 17.3 Å². The monoisotopic (exact) mass is 386 g/mol. The van der Waals surface area contributed by atoms with Crippen molar-refractivity contribution in [3.8, 4) is 11.5 Å². The van der Waals surface area contributed by atoms with Gasteiger partial charge in [0.2, 0.25) is 0 Å². The summed E-state index contributed by atoms with van der Waals surface area (Å²) in [5, 5.41) is 17.2. The molecule has 1 fully saturated rings. The predicted molar refractivity (Wildman–Crippen MR) is 107 cm³/mol. The molecular weight excluding hydrogens is 363 g/mol. The van der Waals surface area contributed by atoms with Gasteiger partial charge in [0.25, 0.3) is 0 Å². The molecule has 142 valence electrons. The number of nitrogens with one attached hydrogen (secondary N) is 2. The Morgan fingerprint density at radius 3 is 2.67 bits per heavy atom. The molecule has 2 aliphatic heterocycles. The highest BCUT2D eigenvalue weighted by Crippen LogP contribution is 2.49. The summed E-state index contributed by atoms with van der Waals surface area (Å²) in [6.45, 7) is 6.04. The van der Waals surface area contributed by atoms with Crippen molar-refractivity contribution in [3.05, 3.63) is 58.9 Å². The molecule has 27 heavy (non-hydrogen) atoms. The lowest BCUT2D eigenvalue weighted by atomic mass is 9.76. The SMILES string of the molecule is Cc1cc(O)cc2c1[C@H](c1ccccc1F)C[C@]1(CC(C)(C)NC(=S)N1)O2. The first-order chi connectivity index (χ1) is 12.7. The fraction of sp³-hybridized carbons (Fsp3) is 0.381. The number of benzene rings is 2. The van der Waals surface area contributed by atoms with E-state index in [9.17, 15) is 9.50 Å². The van der Waals surface area contributed by atoms with Crippen LogP contribution in [0.5, 0.6) is 11.5 Å². The number of rotatable bonds is 1. The lowest BCUT2D eigenvalue weighted by molar-refractivity contribution is -0.0132. The maximum absolute atomic E-state index is 14.7. The van der Waals surface area contributed by atoms with Crippen LogP contribution in [0.1, 0.15) is 49.3 Å². The minimum Gasteiger partial charge on any atom is -0.508 e. The number of fused-ring (bicyclic) bond motifs is 1. The zero-order valence-corrected chi connectivity index (χ0v) is 16.4. The van der Waals surface area contributed by atoms with Gasteiger partial charge in [-0.1, -0.05) is 18.2 Å². The summed E-state index contributed by atoms with van der Waals surface area (Å²) in [4.78, 5) is 0. The minimum absolute atomic E-state index is 0.131. The van der Waals surface area contributed by atoms with Crippen molar-refractivity contribution < 1.29 is 14.2 Å². The lowest BCUT2D eigenvalue weighted by Gasteiger charge is -2.50. The van der Waals surface area contributed by atoms with Crippen LogP contribution >= 0.6 is 12.2 Å². The van der Waals surface area contributed by atoms with E-state index in [0.717, 1.165) is 11.1 Å². The van der Waals surface area contributed by atoms with E-state index in [1.165, 1.54) is 6.07 Å². The second-order valence-electron chi connectivity index (χ2n) is 8.19. The number of halogens is 1. The molecule has 0 aliphatic carbocycles. The van der Waals surface area contributed by atoms with Crippen LogP contribution in [-0.4, -0.2) is 21.5 Å². The summed E-state index contributed by atoms with van der Waals surface area (Å²) in [6, 6.07) is 10.1. The largest absolute Gasteiger partial charge is 0.508 e. The summed E-state index contributed by atoms with van der Waals surface area (Å²) in [5.74, 6) is 0.250. The van der Waals surface area contributed by atoms with E-state index in [2.05, 4.69) is 24.5 Å². The summed E-state index contributed by atoms with van der Waals surface area (Å²) in [6.07, 6.45) is 1.18. The third-order valence-corrected chi connectivity index (χ3v) is 5.53. The summed E-state index contributed by atoms with van der Waals surface area (Å²) >= 11 is 5.41. The van der Waals surface area contributed by atoms with E-state index in [-0.39, 0.29) is 23.0 Å². The van der Waals surface area contributed by atoms with Crippen LogP contribution in [0.2, 0.25) is 0 Å². The molecule has 0 bridgehead atoms. The number of ether oxygens (including phenoxy) is 1. The van der Waals surface area contributed by atoms with Crippen molar-refractivity contribution in [1.82, 2.24) is 10.6 Å². The van der Waals surface area contributed by atoms with Gasteiger partial charge in [-0.2, -0.15) is 0 Å². The number of aromatic hydroxyl groups is 1. The molecule has 4 nitrogen and oxygen atoms in total. The van der Waals surface area contributed by atoms with E-state index in [1.54, 1.807) is 18.2 Å². The van der Waals surface area contributed by atoms with Crippen LogP contribution in [0.3, 0.4) is 0 Å². The minimum atomic E-state index is -0.772. The molecule has 0 radical (unpaired) electrons. The van der Waals surface area contributed by atoms with Crippen molar-refractivity contribution in [1.29, 1.82) is 0 Å². The zero-order chi connectivity index (χ0) is 19.4. The number of phenols is 1. The molecule has 2 aliphatic rings. The molecule has 1 saturated heterocycles. The molecule has 3 N–H and O–H groups in total. The number of hydrogen-bond acceptors (Lipinski definition) is 3. The molecule has 4 rings (SSSR count). The van der Waals surface area contributed by atoms with Gasteiger partial charge in [0.05, 0.1) is 0 Å². The van der Waals surface area contributed by atoms with Crippen LogP contribution in [-0.2, 0) is 0 Å². The van der Waals surface area contributed by atoms with Crippen LogP contribution in [0.15, 0.2) is 36.4 Å². The van der Waals surface area contributed by atoms with Crippen LogP contribution in [0.25, 0.3) is 0 Å². The van der Waals surface area contributed by atoms with Crippen molar-refractivity contribution in [2.24, 2.45) is 0 Å². The van der Waals surface area contributed by atoms with Gasteiger partial charge in [0, 0.05) is 35.9 Å². The van der Waals surface area contributed by atoms with E-state index < -0.39 is 5.72 Å². The summed E-state index contributed by atoms with van der Waals surface area (Å²) in [5.41, 5.74) is 1.37. The number of phenolic OH excluding ortho intramolecular Hbond substituents is 1. The Labute approximate surface area is 163 Å². The molecule has 1 spiro atoms. The van der Waals surface area contributed by atoms with E-state index in [4.69, 9.17) is 17.0 Å². The molecule has 0 aromatic heterocycles. The van der Waals surface area contributed by atoms with E-state index in [0.29, 0.717) is 29.3 Å². The Morgan fingerprint density at radius 1 is 1.22 bits per heavy atom. The van der Waals surface area contributed by atoms with Gasteiger partial charge in [-0.15, -0.1) is 0 Å². The smallest absolute Gasteiger partial charge is 0.185 e. The zero-order valence-electron chi connectivity index (χ0n) is 15.6. The first-order valence-electron chi connectivity index (χ1n) is 9.05. The summed E-state index contributed by atoms with van der Waals surface area (Å²) < 4.78 is 21.1. The maximum Gasteiger partial charge on any atom is 0.185 e. The average Bonchev–Trinajstić information content (AvgIpc) is 2.51. The molecule has 0 amide bonds.